The molecular formula is C14H12N6O2S. The van der Waals surface area contributed by atoms with Gasteiger partial charge in [0.25, 0.3) is 11.7 Å². The van der Waals surface area contributed by atoms with E-state index >= 15 is 0 Å². The maximum atomic E-state index is 11.9. The lowest BCUT2D eigenvalue weighted by molar-refractivity contribution is -0.115. The van der Waals surface area contributed by atoms with Crippen molar-refractivity contribution < 1.29 is 9.59 Å². The average Bonchev–Trinajstić information content (AvgIpc) is 3.19. The summed E-state index contributed by atoms with van der Waals surface area (Å²) in [6.07, 6.45) is 0.339. The van der Waals surface area contributed by atoms with Crippen molar-refractivity contribution >= 4 is 28.8 Å². The molecule has 0 radical (unpaired) electrons. The van der Waals surface area contributed by atoms with Gasteiger partial charge in [-0.25, -0.2) is 0 Å². The van der Waals surface area contributed by atoms with Gasteiger partial charge in [0.15, 0.2) is 0 Å². The largest absolute Gasteiger partial charge is 0.363 e. The predicted octanol–water partition coefficient (Wildman–Crippen LogP) is 1.00. The maximum absolute atomic E-state index is 11.9. The summed E-state index contributed by atoms with van der Waals surface area (Å²) in [6, 6.07) is 10.7. The molecule has 0 spiro atoms. The van der Waals surface area contributed by atoms with Crippen molar-refractivity contribution in [2.24, 2.45) is 5.73 Å². The molecule has 1 aromatic carbocycles. The molecule has 0 saturated carbocycles. The number of carbonyl (C=O) groups is 2. The molecule has 23 heavy (non-hydrogen) atoms. The Hall–Kier alpha value is -3.07. The Morgan fingerprint density at radius 3 is 2.61 bits per heavy atom. The van der Waals surface area contributed by atoms with Gasteiger partial charge >= 0.3 is 0 Å². The summed E-state index contributed by atoms with van der Waals surface area (Å²) >= 11 is 1.54. The van der Waals surface area contributed by atoms with Crippen molar-refractivity contribution in [1.29, 1.82) is 0 Å². The second kappa shape index (κ2) is 6.36. The molecule has 0 fully saturated rings. The first-order chi connectivity index (χ1) is 11.1. The minimum atomic E-state index is -0.742. The number of carbonyl (C=O) groups excluding carboxylic acids is 2. The van der Waals surface area contributed by atoms with E-state index in [1.54, 1.807) is 35.6 Å². The number of aromatic nitrogens is 4. The van der Waals surface area contributed by atoms with Gasteiger partial charge in [-0.05, 0) is 40.9 Å². The number of benzene rings is 1. The number of nitrogens with one attached hydrogen (secondary N) is 1. The molecule has 2 aromatic heterocycles. The van der Waals surface area contributed by atoms with Crippen LogP contribution in [0, 0.1) is 0 Å². The number of tetrazole rings is 1. The SMILES string of the molecule is NC(=O)c1nnn(-c2ccc(NC(=O)Cc3cccs3)cc2)n1. The van der Waals surface area contributed by atoms with E-state index in [0.717, 1.165) is 4.88 Å². The van der Waals surface area contributed by atoms with Crippen molar-refractivity contribution in [1.82, 2.24) is 20.2 Å². The molecule has 2 heterocycles. The van der Waals surface area contributed by atoms with E-state index in [0.29, 0.717) is 17.8 Å². The smallest absolute Gasteiger partial charge is 0.290 e. The van der Waals surface area contributed by atoms with Crippen LogP contribution in [0.5, 0.6) is 0 Å². The van der Waals surface area contributed by atoms with Crippen molar-refractivity contribution in [2.75, 3.05) is 5.32 Å². The second-order valence-electron chi connectivity index (χ2n) is 4.62. The van der Waals surface area contributed by atoms with Crippen LogP contribution in [0.3, 0.4) is 0 Å². The van der Waals surface area contributed by atoms with E-state index in [-0.39, 0.29) is 11.7 Å². The minimum Gasteiger partial charge on any atom is -0.363 e. The lowest BCUT2D eigenvalue weighted by Gasteiger charge is -2.05. The Kier molecular flexibility index (Phi) is 4.11. The zero-order chi connectivity index (χ0) is 16.2. The molecule has 0 saturated heterocycles. The molecule has 3 N–H and O–H groups in total. The number of hydrogen-bond donors (Lipinski definition) is 2. The van der Waals surface area contributed by atoms with Crippen LogP contribution >= 0.6 is 11.3 Å². The van der Waals surface area contributed by atoms with E-state index in [1.165, 1.54) is 4.80 Å². The van der Waals surface area contributed by atoms with Crippen molar-refractivity contribution in [3.8, 4) is 5.69 Å². The second-order valence-corrected chi connectivity index (χ2v) is 5.65. The van der Waals surface area contributed by atoms with Crippen molar-refractivity contribution in [3.05, 3.63) is 52.5 Å². The van der Waals surface area contributed by atoms with Gasteiger partial charge in [-0.1, -0.05) is 6.07 Å². The topological polar surface area (TPSA) is 116 Å². The maximum Gasteiger partial charge on any atom is 0.290 e. The number of nitrogens with zero attached hydrogens (tertiary/aromatic N) is 4. The normalized spacial score (nSPS) is 10.4. The monoisotopic (exact) mass is 328 g/mol. The number of rotatable bonds is 5. The van der Waals surface area contributed by atoms with Gasteiger partial charge in [0.1, 0.15) is 0 Å². The summed E-state index contributed by atoms with van der Waals surface area (Å²) in [7, 11) is 0. The highest BCUT2D eigenvalue weighted by molar-refractivity contribution is 7.10. The molecule has 8 nitrogen and oxygen atoms in total. The standard InChI is InChI=1S/C14H12N6O2S/c15-13(22)14-17-19-20(18-14)10-5-3-9(4-6-10)16-12(21)8-11-2-1-7-23-11/h1-7H,8H2,(H2,15,22)(H,16,21). The van der Waals surface area contributed by atoms with Crippen LogP contribution in [0.25, 0.3) is 5.69 Å². The third-order valence-corrected chi connectivity index (χ3v) is 3.81. The molecule has 2 amide bonds. The van der Waals surface area contributed by atoms with Crippen LogP contribution in [-0.4, -0.2) is 32.0 Å². The molecule has 0 aliphatic carbocycles. The lowest BCUT2D eigenvalue weighted by atomic mass is 10.2. The molecule has 0 bridgehead atoms. The van der Waals surface area contributed by atoms with Crippen molar-refractivity contribution in [3.63, 3.8) is 0 Å². The lowest BCUT2D eigenvalue weighted by Crippen LogP contribution is -2.14. The quantitative estimate of drug-likeness (QED) is 0.725. The van der Waals surface area contributed by atoms with E-state index in [9.17, 15) is 9.59 Å². The predicted molar refractivity (Wildman–Crippen MR) is 84.3 cm³/mol. The van der Waals surface area contributed by atoms with Crippen LogP contribution in [-0.2, 0) is 11.2 Å². The first-order valence-corrected chi connectivity index (χ1v) is 7.52. The molecule has 0 aliphatic rings. The fraction of sp³-hybridized carbons (Fsp3) is 0.0714. The fourth-order valence-electron chi connectivity index (χ4n) is 1.88. The highest BCUT2D eigenvalue weighted by Crippen LogP contribution is 2.14. The Morgan fingerprint density at radius 1 is 1.22 bits per heavy atom. The first kappa shape index (κ1) is 14.9. The van der Waals surface area contributed by atoms with Crippen LogP contribution < -0.4 is 11.1 Å². The van der Waals surface area contributed by atoms with Gasteiger partial charge in [-0.3, -0.25) is 9.59 Å². The van der Waals surface area contributed by atoms with Gasteiger partial charge in [-0.15, -0.1) is 26.3 Å². The summed E-state index contributed by atoms with van der Waals surface area (Å²) in [5.74, 6) is -0.984. The first-order valence-electron chi connectivity index (χ1n) is 6.64. The highest BCUT2D eigenvalue weighted by atomic mass is 32.1. The number of amides is 2. The fourth-order valence-corrected chi connectivity index (χ4v) is 2.58. The Morgan fingerprint density at radius 2 is 2.00 bits per heavy atom. The Labute approximate surface area is 134 Å². The van der Waals surface area contributed by atoms with Gasteiger partial charge in [0.05, 0.1) is 12.1 Å². The zero-order valence-electron chi connectivity index (χ0n) is 11.8. The number of primary amides is 1. The number of thiophene rings is 1. The van der Waals surface area contributed by atoms with Gasteiger partial charge in [-0.2, -0.15) is 0 Å². The van der Waals surface area contributed by atoms with Crippen molar-refractivity contribution in [2.45, 2.75) is 6.42 Å². The van der Waals surface area contributed by atoms with E-state index in [1.807, 2.05) is 17.5 Å². The van der Waals surface area contributed by atoms with Crippen LogP contribution in [0.15, 0.2) is 41.8 Å². The average molecular weight is 328 g/mol. The summed E-state index contributed by atoms with van der Waals surface area (Å²) < 4.78 is 0. The summed E-state index contributed by atoms with van der Waals surface area (Å²) in [5, 5.41) is 15.9. The molecule has 3 rings (SSSR count). The van der Waals surface area contributed by atoms with Gasteiger partial charge in [0, 0.05) is 10.6 Å². The molecule has 0 unspecified atom stereocenters. The number of anilines is 1. The number of hydrogen-bond acceptors (Lipinski definition) is 6. The molecule has 9 heteroatoms. The third kappa shape index (κ3) is 3.58. The number of nitrogens with two attached hydrogens (primary N) is 1. The minimum absolute atomic E-state index is 0.0879. The molecule has 3 aromatic rings. The summed E-state index contributed by atoms with van der Waals surface area (Å²) in [5.41, 5.74) is 6.33. The Bertz CT molecular complexity index is 825. The van der Waals surface area contributed by atoms with Gasteiger partial charge < -0.3 is 11.1 Å². The molecular weight excluding hydrogens is 316 g/mol. The zero-order valence-corrected chi connectivity index (χ0v) is 12.7. The highest BCUT2D eigenvalue weighted by Gasteiger charge is 2.10. The molecule has 116 valence electrons. The Balaban J connectivity index is 1.66. The summed E-state index contributed by atoms with van der Waals surface area (Å²) in [4.78, 5) is 25.1. The van der Waals surface area contributed by atoms with Crippen LogP contribution in [0.2, 0.25) is 0 Å². The third-order valence-electron chi connectivity index (χ3n) is 2.93. The van der Waals surface area contributed by atoms with Crippen LogP contribution in [0.4, 0.5) is 5.69 Å². The van der Waals surface area contributed by atoms with Crippen LogP contribution in [0.1, 0.15) is 15.5 Å². The molecule has 0 atom stereocenters. The molecule has 0 aliphatic heterocycles. The van der Waals surface area contributed by atoms with Gasteiger partial charge in [0.2, 0.25) is 5.91 Å². The summed E-state index contributed by atoms with van der Waals surface area (Å²) in [6.45, 7) is 0. The van der Waals surface area contributed by atoms with E-state index in [2.05, 4.69) is 20.7 Å². The van der Waals surface area contributed by atoms with E-state index in [4.69, 9.17) is 5.73 Å². The van der Waals surface area contributed by atoms with E-state index < -0.39 is 5.91 Å².